The van der Waals surface area contributed by atoms with Crippen LogP contribution in [0.2, 0.25) is 0 Å². The molecule has 0 bridgehead atoms. The standard InChI is InChI=1S/C12H19N3OS/c1-9-11(17-8-14-9)12(16)15-6-2-3-10(7-15)4-5-13/h8,10H,2-7,13H2,1H3. The highest BCUT2D eigenvalue weighted by atomic mass is 32.1. The quantitative estimate of drug-likeness (QED) is 0.891. The number of likely N-dealkylation sites (tertiary alicyclic amines) is 1. The van der Waals surface area contributed by atoms with Gasteiger partial charge in [0.15, 0.2) is 0 Å². The van der Waals surface area contributed by atoms with Gasteiger partial charge >= 0.3 is 0 Å². The summed E-state index contributed by atoms with van der Waals surface area (Å²) in [7, 11) is 0. The lowest BCUT2D eigenvalue weighted by Gasteiger charge is -2.32. The number of carbonyl (C=O) groups is 1. The van der Waals surface area contributed by atoms with Crippen molar-refractivity contribution in [1.29, 1.82) is 0 Å². The first-order valence-electron chi connectivity index (χ1n) is 6.11. The number of thiazole rings is 1. The molecule has 1 aliphatic rings. The number of hydrogen-bond acceptors (Lipinski definition) is 4. The van der Waals surface area contributed by atoms with Gasteiger partial charge in [0.25, 0.3) is 5.91 Å². The van der Waals surface area contributed by atoms with E-state index in [1.807, 2.05) is 11.8 Å². The minimum atomic E-state index is 0.145. The third-order valence-corrected chi connectivity index (χ3v) is 4.24. The Hall–Kier alpha value is -0.940. The van der Waals surface area contributed by atoms with E-state index in [2.05, 4.69) is 4.98 Å². The third kappa shape index (κ3) is 2.84. The number of piperidine rings is 1. The summed E-state index contributed by atoms with van der Waals surface area (Å²) < 4.78 is 0. The molecule has 94 valence electrons. The van der Waals surface area contributed by atoms with Gasteiger partial charge in [-0.25, -0.2) is 4.98 Å². The zero-order chi connectivity index (χ0) is 12.3. The summed E-state index contributed by atoms with van der Waals surface area (Å²) in [5, 5.41) is 0. The Morgan fingerprint density at radius 2 is 2.53 bits per heavy atom. The van der Waals surface area contributed by atoms with Crippen molar-refractivity contribution in [2.24, 2.45) is 11.7 Å². The van der Waals surface area contributed by atoms with Crippen LogP contribution in [0, 0.1) is 12.8 Å². The molecule has 1 aromatic rings. The van der Waals surface area contributed by atoms with Crippen molar-refractivity contribution < 1.29 is 4.79 Å². The maximum Gasteiger partial charge on any atom is 0.265 e. The van der Waals surface area contributed by atoms with Crippen LogP contribution >= 0.6 is 11.3 Å². The predicted molar refractivity (Wildman–Crippen MR) is 69.1 cm³/mol. The first kappa shape index (κ1) is 12.5. The van der Waals surface area contributed by atoms with Gasteiger partial charge in [-0.3, -0.25) is 4.79 Å². The molecular weight excluding hydrogens is 234 g/mol. The van der Waals surface area contributed by atoms with E-state index in [4.69, 9.17) is 5.73 Å². The van der Waals surface area contributed by atoms with Crippen LogP contribution in [0.4, 0.5) is 0 Å². The number of carbonyl (C=O) groups excluding carboxylic acids is 1. The van der Waals surface area contributed by atoms with Crippen LogP contribution in [0.15, 0.2) is 5.51 Å². The van der Waals surface area contributed by atoms with Crippen molar-refractivity contribution >= 4 is 17.2 Å². The lowest BCUT2D eigenvalue weighted by Crippen LogP contribution is -2.40. The normalized spacial score (nSPS) is 20.6. The van der Waals surface area contributed by atoms with Crippen molar-refractivity contribution in [3.8, 4) is 0 Å². The third-order valence-electron chi connectivity index (χ3n) is 3.32. The second-order valence-electron chi connectivity index (χ2n) is 4.60. The summed E-state index contributed by atoms with van der Waals surface area (Å²) in [6, 6.07) is 0. The zero-order valence-corrected chi connectivity index (χ0v) is 11.0. The zero-order valence-electron chi connectivity index (χ0n) is 10.2. The first-order valence-corrected chi connectivity index (χ1v) is 6.99. The highest BCUT2D eigenvalue weighted by Crippen LogP contribution is 2.22. The summed E-state index contributed by atoms with van der Waals surface area (Å²) >= 11 is 1.44. The molecule has 1 unspecified atom stereocenters. The second kappa shape index (κ2) is 5.60. The smallest absolute Gasteiger partial charge is 0.265 e. The number of aromatic nitrogens is 1. The molecular formula is C12H19N3OS. The molecule has 0 aliphatic carbocycles. The van der Waals surface area contributed by atoms with Gasteiger partial charge in [0, 0.05) is 13.1 Å². The molecule has 5 heteroatoms. The van der Waals surface area contributed by atoms with E-state index in [1.54, 1.807) is 5.51 Å². The molecule has 0 aromatic carbocycles. The molecule has 2 rings (SSSR count). The van der Waals surface area contributed by atoms with Crippen molar-refractivity contribution in [2.45, 2.75) is 26.2 Å². The van der Waals surface area contributed by atoms with E-state index < -0.39 is 0 Å². The van der Waals surface area contributed by atoms with Crippen molar-refractivity contribution in [2.75, 3.05) is 19.6 Å². The summed E-state index contributed by atoms with van der Waals surface area (Å²) in [6.45, 7) is 4.34. The molecule has 1 aromatic heterocycles. The fourth-order valence-corrected chi connectivity index (χ4v) is 3.14. The second-order valence-corrected chi connectivity index (χ2v) is 5.46. The van der Waals surface area contributed by atoms with E-state index >= 15 is 0 Å². The molecule has 1 aliphatic heterocycles. The van der Waals surface area contributed by atoms with E-state index in [0.717, 1.165) is 36.5 Å². The van der Waals surface area contributed by atoms with Crippen LogP contribution in [-0.2, 0) is 0 Å². The Morgan fingerprint density at radius 3 is 3.18 bits per heavy atom. The molecule has 2 N–H and O–H groups in total. The van der Waals surface area contributed by atoms with Crippen LogP contribution in [0.3, 0.4) is 0 Å². The molecule has 1 saturated heterocycles. The lowest BCUT2D eigenvalue weighted by molar-refractivity contribution is 0.0673. The first-order chi connectivity index (χ1) is 8.22. The average molecular weight is 253 g/mol. The van der Waals surface area contributed by atoms with E-state index in [-0.39, 0.29) is 5.91 Å². The van der Waals surface area contributed by atoms with Crippen LogP contribution < -0.4 is 5.73 Å². The molecule has 1 atom stereocenters. The number of nitrogens with two attached hydrogens (primary N) is 1. The fourth-order valence-electron chi connectivity index (χ4n) is 2.37. The van der Waals surface area contributed by atoms with Gasteiger partial charge in [-0.1, -0.05) is 0 Å². The Bertz CT molecular complexity index is 389. The van der Waals surface area contributed by atoms with E-state index in [0.29, 0.717) is 12.5 Å². The molecule has 1 fully saturated rings. The Labute approximate surface area is 106 Å². The molecule has 4 nitrogen and oxygen atoms in total. The van der Waals surface area contributed by atoms with Crippen LogP contribution in [-0.4, -0.2) is 35.4 Å². The summed E-state index contributed by atoms with van der Waals surface area (Å²) in [4.78, 5) is 19.2. The molecule has 2 heterocycles. The monoisotopic (exact) mass is 253 g/mol. The van der Waals surface area contributed by atoms with Gasteiger partial charge in [0.2, 0.25) is 0 Å². The number of rotatable bonds is 3. The number of aryl methyl sites for hydroxylation is 1. The van der Waals surface area contributed by atoms with Gasteiger partial charge in [0.05, 0.1) is 11.2 Å². The van der Waals surface area contributed by atoms with Gasteiger partial charge in [-0.15, -0.1) is 11.3 Å². The number of amides is 1. The molecule has 0 saturated carbocycles. The van der Waals surface area contributed by atoms with Crippen LogP contribution in [0.5, 0.6) is 0 Å². The largest absolute Gasteiger partial charge is 0.338 e. The van der Waals surface area contributed by atoms with Crippen molar-refractivity contribution in [3.63, 3.8) is 0 Å². The summed E-state index contributed by atoms with van der Waals surface area (Å²) in [5.41, 5.74) is 8.18. The molecule has 0 radical (unpaired) electrons. The maximum atomic E-state index is 12.3. The maximum absolute atomic E-state index is 12.3. The molecule has 1 amide bonds. The SMILES string of the molecule is Cc1ncsc1C(=O)N1CCCC(CCN)C1. The van der Waals surface area contributed by atoms with Crippen LogP contribution in [0.1, 0.15) is 34.6 Å². The summed E-state index contributed by atoms with van der Waals surface area (Å²) in [6.07, 6.45) is 3.31. The number of hydrogen-bond donors (Lipinski definition) is 1. The molecule has 17 heavy (non-hydrogen) atoms. The lowest BCUT2D eigenvalue weighted by atomic mass is 9.95. The van der Waals surface area contributed by atoms with Crippen LogP contribution in [0.25, 0.3) is 0 Å². The summed E-state index contributed by atoms with van der Waals surface area (Å²) in [5.74, 6) is 0.720. The highest BCUT2D eigenvalue weighted by molar-refractivity contribution is 7.11. The van der Waals surface area contributed by atoms with E-state index in [1.165, 1.54) is 17.8 Å². The van der Waals surface area contributed by atoms with E-state index in [9.17, 15) is 4.79 Å². The molecule has 0 spiro atoms. The Kier molecular flexibility index (Phi) is 4.12. The fraction of sp³-hybridized carbons (Fsp3) is 0.667. The van der Waals surface area contributed by atoms with Gasteiger partial charge in [-0.05, 0) is 38.6 Å². The highest BCUT2D eigenvalue weighted by Gasteiger charge is 2.25. The Morgan fingerprint density at radius 1 is 1.71 bits per heavy atom. The topological polar surface area (TPSA) is 59.2 Å². The minimum absolute atomic E-state index is 0.145. The van der Waals surface area contributed by atoms with Crippen molar-refractivity contribution in [3.05, 3.63) is 16.1 Å². The van der Waals surface area contributed by atoms with Gasteiger partial charge in [0.1, 0.15) is 4.88 Å². The number of nitrogens with zero attached hydrogens (tertiary/aromatic N) is 2. The van der Waals surface area contributed by atoms with Gasteiger partial charge in [-0.2, -0.15) is 0 Å². The Balaban J connectivity index is 2.02. The predicted octanol–water partition coefficient (Wildman–Crippen LogP) is 1.65. The van der Waals surface area contributed by atoms with Crippen molar-refractivity contribution in [1.82, 2.24) is 9.88 Å². The minimum Gasteiger partial charge on any atom is -0.338 e. The van der Waals surface area contributed by atoms with Gasteiger partial charge < -0.3 is 10.6 Å². The average Bonchev–Trinajstić information content (AvgIpc) is 2.75.